The molecule has 6 nitrogen and oxygen atoms in total. The second-order valence-electron chi connectivity index (χ2n) is 18.5. The van der Waals surface area contributed by atoms with E-state index in [-0.39, 0.29) is 31.1 Å². The highest BCUT2D eigenvalue weighted by atomic mass is 16.6. The molecule has 63 heavy (non-hydrogen) atoms. The molecule has 0 aromatic heterocycles. The zero-order valence-electron chi connectivity index (χ0n) is 42.1. The number of allylic oxidation sites excluding steroid dienone is 6. The fraction of sp³-hybridized carbons (Fsp3) is 0.842. The number of carbonyl (C=O) groups is 3. The molecule has 0 aromatic rings. The van der Waals surface area contributed by atoms with Crippen molar-refractivity contribution in [1.82, 2.24) is 0 Å². The molecule has 1 atom stereocenters. The van der Waals surface area contributed by atoms with E-state index in [0.29, 0.717) is 19.3 Å². The van der Waals surface area contributed by atoms with Gasteiger partial charge in [0, 0.05) is 19.3 Å². The maximum Gasteiger partial charge on any atom is 0.306 e. The Kier molecular flexibility index (Phi) is 50.3. The molecular formula is C57H104O6. The summed E-state index contributed by atoms with van der Waals surface area (Å²) in [5, 5.41) is 0. The van der Waals surface area contributed by atoms with E-state index in [1.54, 1.807) is 0 Å². The Morgan fingerprint density at radius 3 is 1.00 bits per heavy atom. The topological polar surface area (TPSA) is 78.9 Å². The van der Waals surface area contributed by atoms with Gasteiger partial charge in [0.15, 0.2) is 6.10 Å². The van der Waals surface area contributed by atoms with Gasteiger partial charge in [-0.05, 0) is 64.2 Å². The number of carbonyl (C=O) groups excluding carboxylic acids is 3. The van der Waals surface area contributed by atoms with Crippen molar-refractivity contribution in [3.05, 3.63) is 36.5 Å². The van der Waals surface area contributed by atoms with Crippen LogP contribution in [0.1, 0.15) is 290 Å². The molecule has 0 radical (unpaired) electrons. The van der Waals surface area contributed by atoms with Gasteiger partial charge in [-0.3, -0.25) is 14.4 Å². The summed E-state index contributed by atoms with van der Waals surface area (Å²) in [6, 6.07) is 0. The maximum absolute atomic E-state index is 12.8. The molecule has 0 saturated heterocycles. The quantitative estimate of drug-likeness (QED) is 0.0199. The highest BCUT2D eigenvalue weighted by Crippen LogP contribution is 2.16. The second kappa shape index (κ2) is 52.3. The number of hydrogen-bond donors (Lipinski definition) is 0. The molecule has 0 aromatic carbocycles. The monoisotopic (exact) mass is 885 g/mol. The van der Waals surface area contributed by atoms with E-state index in [1.807, 2.05) is 0 Å². The summed E-state index contributed by atoms with van der Waals surface area (Å²) in [6.07, 6.45) is 61.4. The fourth-order valence-corrected chi connectivity index (χ4v) is 7.97. The van der Waals surface area contributed by atoms with E-state index in [1.165, 1.54) is 193 Å². The Balaban J connectivity index is 4.27. The molecule has 1 unspecified atom stereocenters. The Bertz CT molecular complexity index is 1060. The Labute approximate surface area is 391 Å². The van der Waals surface area contributed by atoms with Crippen LogP contribution in [0.2, 0.25) is 0 Å². The van der Waals surface area contributed by atoms with Crippen molar-refractivity contribution in [2.45, 2.75) is 297 Å². The summed E-state index contributed by atoms with van der Waals surface area (Å²) in [4.78, 5) is 37.9. The van der Waals surface area contributed by atoms with Crippen LogP contribution in [0.4, 0.5) is 0 Å². The van der Waals surface area contributed by atoms with Gasteiger partial charge in [-0.15, -0.1) is 0 Å². The summed E-state index contributed by atoms with van der Waals surface area (Å²) in [6.45, 7) is 6.58. The summed E-state index contributed by atoms with van der Waals surface area (Å²) in [5.74, 6) is -0.906. The van der Waals surface area contributed by atoms with Crippen molar-refractivity contribution >= 4 is 17.9 Å². The van der Waals surface area contributed by atoms with Crippen molar-refractivity contribution in [2.75, 3.05) is 13.2 Å². The molecule has 0 rings (SSSR count). The van der Waals surface area contributed by atoms with E-state index in [2.05, 4.69) is 57.2 Å². The van der Waals surface area contributed by atoms with Gasteiger partial charge in [0.1, 0.15) is 13.2 Å². The van der Waals surface area contributed by atoms with Crippen LogP contribution >= 0.6 is 0 Å². The van der Waals surface area contributed by atoms with Gasteiger partial charge >= 0.3 is 17.9 Å². The van der Waals surface area contributed by atoms with Crippen LogP contribution in [0.15, 0.2) is 36.5 Å². The molecular weight excluding hydrogens is 781 g/mol. The largest absolute Gasteiger partial charge is 0.462 e. The van der Waals surface area contributed by atoms with Crippen LogP contribution in [0.25, 0.3) is 0 Å². The minimum atomic E-state index is -0.780. The fourth-order valence-electron chi connectivity index (χ4n) is 7.97. The molecule has 0 aliphatic heterocycles. The molecule has 6 heteroatoms. The summed E-state index contributed by atoms with van der Waals surface area (Å²) < 4.78 is 16.8. The van der Waals surface area contributed by atoms with Gasteiger partial charge in [0.25, 0.3) is 0 Å². The predicted molar refractivity (Wildman–Crippen MR) is 270 cm³/mol. The number of esters is 3. The highest BCUT2D eigenvalue weighted by Gasteiger charge is 2.19. The first-order valence-electron chi connectivity index (χ1n) is 27.5. The van der Waals surface area contributed by atoms with Gasteiger partial charge in [0.2, 0.25) is 0 Å². The highest BCUT2D eigenvalue weighted by molar-refractivity contribution is 5.71. The molecule has 0 aliphatic carbocycles. The second-order valence-corrected chi connectivity index (χ2v) is 18.5. The normalized spacial score (nSPS) is 12.2. The van der Waals surface area contributed by atoms with Crippen LogP contribution in [0.3, 0.4) is 0 Å². The van der Waals surface area contributed by atoms with Crippen LogP contribution in [-0.2, 0) is 28.6 Å². The SMILES string of the molecule is CCCCC/C=C\C=C/CCCCCCCCCCCCC(=O)OCC(COC(=O)CCC/C=C\CCCCCC)OC(=O)CCCCCCCCCCCCCCCCCCC. The van der Waals surface area contributed by atoms with E-state index < -0.39 is 6.10 Å². The molecule has 368 valence electrons. The molecule has 0 bridgehead atoms. The van der Waals surface area contributed by atoms with Crippen molar-refractivity contribution in [3.8, 4) is 0 Å². The van der Waals surface area contributed by atoms with Crippen molar-refractivity contribution < 1.29 is 28.6 Å². The van der Waals surface area contributed by atoms with Crippen LogP contribution in [0, 0.1) is 0 Å². The van der Waals surface area contributed by atoms with Gasteiger partial charge in [-0.1, -0.05) is 243 Å². The van der Waals surface area contributed by atoms with Gasteiger partial charge in [-0.2, -0.15) is 0 Å². The van der Waals surface area contributed by atoms with Crippen LogP contribution < -0.4 is 0 Å². The van der Waals surface area contributed by atoms with Crippen molar-refractivity contribution in [2.24, 2.45) is 0 Å². The third-order valence-corrected chi connectivity index (χ3v) is 12.1. The van der Waals surface area contributed by atoms with Crippen molar-refractivity contribution in [1.29, 1.82) is 0 Å². The first-order chi connectivity index (χ1) is 31.0. The maximum atomic E-state index is 12.8. The lowest BCUT2D eigenvalue weighted by molar-refractivity contribution is -0.167. The van der Waals surface area contributed by atoms with Crippen LogP contribution in [-0.4, -0.2) is 37.2 Å². The number of ether oxygens (including phenoxy) is 3. The summed E-state index contributed by atoms with van der Waals surface area (Å²) >= 11 is 0. The molecule has 0 aliphatic rings. The number of unbranched alkanes of at least 4 members (excludes halogenated alkanes) is 34. The van der Waals surface area contributed by atoms with Crippen LogP contribution in [0.5, 0.6) is 0 Å². The molecule has 0 fully saturated rings. The molecule has 0 saturated carbocycles. The Morgan fingerprint density at radius 1 is 0.317 bits per heavy atom. The van der Waals surface area contributed by atoms with E-state index in [9.17, 15) is 14.4 Å². The smallest absolute Gasteiger partial charge is 0.306 e. The van der Waals surface area contributed by atoms with Gasteiger partial charge < -0.3 is 14.2 Å². The zero-order valence-corrected chi connectivity index (χ0v) is 42.1. The lowest BCUT2D eigenvalue weighted by Gasteiger charge is -2.18. The minimum absolute atomic E-state index is 0.0792. The predicted octanol–water partition coefficient (Wildman–Crippen LogP) is 18.1. The first-order valence-corrected chi connectivity index (χ1v) is 27.5. The zero-order chi connectivity index (χ0) is 45.8. The number of rotatable bonds is 50. The molecule has 0 heterocycles. The lowest BCUT2D eigenvalue weighted by Crippen LogP contribution is -2.30. The third-order valence-electron chi connectivity index (χ3n) is 12.1. The average Bonchev–Trinajstić information content (AvgIpc) is 3.28. The van der Waals surface area contributed by atoms with E-state index in [4.69, 9.17) is 14.2 Å². The Hall–Kier alpha value is -2.37. The molecule has 0 amide bonds. The summed E-state index contributed by atoms with van der Waals surface area (Å²) in [5.41, 5.74) is 0. The molecule has 0 N–H and O–H groups in total. The average molecular weight is 885 g/mol. The van der Waals surface area contributed by atoms with Crippen molar-refractivity contribution in [3.63, 3.8) is 0 Å². The number of hydrogen-bond acceptors (Lipinski definition) is 6. The standard InChI is InChI=1S/C57H104O6/c1-4-7-10-13-16-19-21-23-25-27-28-30-31-33-35-38-41-44-47-50-56(59)62-53-54(52-61-55(58)49-46-43-40-37-18-15-12-9-6-3)63-57(60)51-48-45-42-39-36-34-32-29-26-24-22-20-17-14-11-8-5-2/h16,19,21,23,37,40,54H,4-15,17-18,20,22,24-36,38-39,41-53H2,1-3H3/b19-16-,23-21-,40-37-. The van der Waals surface area contributed by atoms with Gasteiger partial charge in [-0.25, -0.2) is 0 Å². The minimum Gasteiger partial charge on any atom is -0.462 e. The third kappa shape index (κ3) is 50.5. The van der Waals surface area contributed by atoms with Gasteiger partial charge in [0.05, 0.1) is 0 Å². The summed E-state index contributed by atoms with van der Waals surface area (Å²) in [7, 11) is 0. The van der Waals surface area contributed by atoms with E-state index >= 15 is 0 Å². The molecule has 0 spiro atoms. The lowest BCUT2D eigenvalue weighted by atomic mass is 10.0. The van der Waals surface area contributed by atoms with E-state index in [0.717, 1.165) is 57.8 Å². The Morgan fingerprint density at radius 2 is 0.587 bits per heavy atom. The first kappa shape index (κ1) is 60.6.